The number of methoxy groups -OCH3 is 1. The lowest BCUT2D eigenvalue weighted by Gasteiger charge is -2.29. The number of carbonyl (C=O) groups excluding carboxylic acids is 2. The molecule has 0 amide bonds. The summed E-state index contributed by atoms with van der Waals surface area (Å²) in [4.78, 5) is 25.0. The van der Waals surface area contributed by atoms with Crippen molar-refractivity contribution in [2.45, 2.75) is 26.6 Å². The van der Waals surface area contributed by atoms with E-state index in [2.05, 4.69) is 5.10 Å². The largest absolute Gasteiger partial charge is 0.497 e. The number of hydrogen-bond acceptors (Lipinski definition) is 7. The van der Waals surface area contributed by atoms with Gasteiger partial charge in [0.1, 0.15) is 17.1 Å². The Morgan fingerprint density at radius 2 is 1.53 bits per heavy atom. The van der Waals surface area contributed by atoms with Gasteiger partial charge in [-0.3, -0.25) is 0 Å². The molecule has 2 aromatic carbocycles. The van der Waals surface area contributed by atoms with Gasteiger partial charge < -0.3 is 18.9 Å². The predicted molar refractivity (Wildman–Crippen MR) is 116 cm³/mol. The zero-order chi connectivity index (χ0) is 22.9. The number of ether oxygens (including phenoxy) is 4. The molecule has 0 atom stereocenters. The van der Waals surface area contributed by atoms with E-state index in [1.54, 1.807) is 43.0 Å². The van der Waals surface area contributed by atoms with Crippen molar-refractivity contribution >= 4 is 18.0 Å². The first-order valence-electron chi connectivity index (χ1n) is 9.93. The standard InChI is InChI=1S/C24H22N2O6/c1-15-19(14-20-22(27)31-24(2,3)32-23(20)28)21(26(25-15)16-8-6-5-7-9-16)30-18-12-10-17(29-4)11-13-18/h5-14H,1-4H3. The van der Waals surface area contributed by atoms with Crippen molar-refractivity contribution in [1.82, 2.24) is 9.78 Å². The number of aromatic nitrogens is 2. The minimum atomic E-state index is -1.32. The van der Waals surface area contributed by atoms with Gasteiger partial charge in [-0.25, -0.2) is 9.59 Å². The minimum absolute atomic E-state index is 0.236. The van der Waals surface area contributed by atoms with Gasteiger partial charge in [0, 0.05) is 13.8 Å². The number of carbonyl (C=O) groups is 2. The van der Waals surface area contributed by atoms with Crippen LogP contribution in [0.4, 0.5) is 0 Å². The Morgan fingerprint density at radius 1 is 0.938 bits per heavy atom. The van der Waals surface area contributed by atoms with Gasteiger partial charge in [0.25, 0.3) is 5.79 Å². The third-order valence-corrected chi connectivity index (χ3v) is 4.74. The second-order valence-electron chi connectivity index (χ2n) is 7.57. The van der Waals surface area contributed by atoms with Crippen molar-refractivity contribution in [2.75, 3.05) is 7.11 Å². The van der Waals surface area contributed by atoms with Crippen LogP contribution in [0.1, 0.15) is 25.1 Å². The lowest BCUT2D eigenvalue weighted by atomic mass is 10.1. The third kappa shape index (κ3) is 4.20. The molecule has 1 aliphatic heterocycles. The lowest BCUT2D eigenvalue weighted by molar-refractivity contribution is -0.222. The normalized spacial score (nSPS) is 15.1. The number of nitrogens with zero attached hydrogens (tertiary/aromatic N) is 2. The monoisotopic (exact) mass is 434 g/mol. The first-order chi connectivity index (χ1) is 15.3. The first kappa shape index (κ1) is 21.2. The van der Waals surface area contributed by atoms with Crippen LogP contribution in [0.5, 0.6) is 17.4 Å². The van der Waals surface area contributed by atoms with Gasteiger partial charge in [-0.05, 0) is 49.4 Å². The Balaban J connectivity index is 1.82. The molecule has 0 bridgehead atoms. The summed E-state index contributed by atoms with van der Waals surface area (Å²) in [5, 5.41) is 4.57. The van der Waals surface area contributed by atoms with Gasteiger partial charge in [0.2, 0.25) is 5.88 Å². The summed E-state index contributed by atoms with van der Waals surface area (Å²) in [6.45, 7) is 4.75. The van der Waals surface area contributed by atoms with Crippen LogP contribution in [0.25, 0.3) is 11.8 Å². The molecule has 164 valence electrons. The fourth-order valence-corrected chi connectivity index (χ4v) is 3.20. The summed E-state index contributed by atoms with van der Waals surface area (Å²) < 4.78 is 23.4. The van der Waals surface area contributed by atoms with E-state index in [1.165, 1.54) is 19.9 Å². The highest BCUT2D eigenvalue weighted by molar-refractivity contribution is 6.19. The number of aryl methyl sites for hydroxylation is 1. The van der Waals surface area contributed by atoms with Crippen LogP contribution < -0.4 is 9.47 Å². The fourth-order valence-electron chi connectivity index (χ4n) is 3.20. The maximum absolute atomic E-state index is 12.5. The zero-order valence-electron chi connectivity index (χ0n) is 18.1. The van der Waals surface area contributed by atoms with Gasteiger partial charge in [-0.15, -0.1) is 0 Å². The summed E-state index contributed by atoms with van der Waals surface area (Å²) in [7, 11) is 1.58. The Bertz CT molecular complexity index is 1170. The molecular formula is C24H22N2O6. The number of para-hydroxylation sites is 1. The van der Waals surface area contributed by atoms with Crippen molar-refractivity contribution in [3.05, 3.63) is 71.4 Å². The molecule has 0 aliphatic carbocycles. The Labute approximate surface area is 185 Å². The van der Waals surface area contributed by atoms with Gasteiger partial charge in [0.05, 0.1) is 24.1 Å². The topological polar surface area (TPSA) is 88.9 Å². The second kappa shape index (κ2) is 8.22. The van der Waals surface area contributed by atoms with E-state index in [4.69, 9.17) is 18.9 Å². The number of hydrogen-bond donors (Lipinski definition) is 0. The predicted octanol–water partition coefficient (Wildman–Crippen LogP) is 4.20. The van der Waals surface area contributed by atoms with E-state index in [9.17, 15) is 9.59 Å². The van der Waals surface area contributed by atoms with E-state index in [1.807, 2.05) is 30.3 Å². The van der Waals surface area contributed by atoms with Crippen molar-refractivity contribution in [3.63, 3.8) is 0 Å². The van der Waals surface area contributed by atoms with Gasteiger partial charge >= 0.3 is 11.9 Å². The molecule has 1 aliphatic rings. The van der Waals surface area contributed by atoms with E-state index in [-0.39, 0.29) is 5.57 Å². The van der Waals surface area contributed by atoms with Crippen molar-refractivity contribution in [1.29, 1.82) is 0 Å². The molecule has 1 saturated heterocycles. The Kier molecular flexibility index (Phi) is 5.44. The highest BCUT2D eigenvalue weighted by atomic mass is 16.7. The molecule has 0 N–H and O–H groups in total. The van der Waals surface area contributed by atoms with Gasteiger partial charge in [0.15, 0.2) is 0 Å². The summed E-state index contributed by atoms with van der Waals surface area (Å²) in [6, 6.07) is 16.4. The number of benzene rings is 2. The molecule has 0 saturated carbocycles. The molecule has 1 aromatic heterocycles. The number of rotatable bonds is 5. The van der Waals surface area contributed by atoms with E-state index in [0.717, 1.165) is 5.69 Å². The second-order valence-corrected chi connectivity index (χ2v) is 7.57. The van der Waals surface area contributed by atoms with Gasteiger partial charge in [-0.1, -0.05) is 18.2 Å². The number of cyclic esters (lactones) is 2. The molecule has 0 unspecified atom stereocenters. The van der Waals surface area contributed by atoms with E-state index >= 15 is 0 Å². The fraction of sp³-hybridized carbons (Fsp3) is 0.208. The average molecular weight is 434 g/mol. The number of esters is 2. The zero-order valence-corrected chi connectivity index (χ0v) is 18.1. The molecule has 4 rings (SSSR count). The van der Waals surface area contributed by atoms with Crippen molar-refractivity contribution in [3.8, 4) is 23.1 Å². The molecule has 2 heterocycles. The van der Waals surface area contributed by atoms with Crippen molar-refractivity contribution in [2.24, 2.45) is 0 Å². The van der Waals surface area contributed by atoms with E-state index in [0.29, 0.717) is 28.6 Å². The maximum atomic E-state index is 12.5. The Hall–Kier alpha value is -4.07. The molecule has 1 fully saturated rings. The highest BCUT2D eigenvalue weighted by Gasteiger charge is 2.39. The lowest BCUT2D eigenvalue weighted by Crippen LogP contribution is -2.41. The molecule has 32 heavy (non-hydrogen) atoms. The molecule has 8 nitrogen and oxygen atoms in total. The average Bonchev–Trinajstić information content (AvgIpc) is 3.06. The smallest absolute Gasteiger partial charge is 0.348 e. The maximum Gasteiger partial charge on any atom is 0.348 e. The van der Waals surface area contributed by atoms with Crippen LogP contribution in [0.15, 0.2) is 60.2 Å². The van der Waals surface area contributed by atoms with Crippen LogP contribution in [-0.4, -0.2) is 34.6 Å². The summed E-state index contributed by atoms with van der Waals surface area (Å²) in [5.41, 5.74) is 1.52. The molecular weight excluding hydrogens is 412 g/mol. The summed E-state index contributed by atoms with van der Waals surface area (Å²) in [6.07, 6.45) is 1.39. The quantitative estimate of drug-likeness (QED) is 0.338. The van der Waals surface area contributed by atoms with Crippen LogP contribution in [-0.2, 0) is 19.1 Å². The molecule has 0 radical (unpaired) electrons. The van der Waals surface area contributed by atoms with Crippen LogP contribution in [0.2, 0.25) is 0 Å². The molecule has 0 spiro atoms. The Morgan fingerprint density at radius 3 is 2.12 bits per heavy atom. The van der Waals surface area contributed by atoms with Crippen LogP contribution in [0, 0.1) is 6.92 Å². The van der Waals surface area contributed by atoms with Crippen LogP contribution in [0.3, 0.4) is 0 Å². The molecule has 8 heteroatoms. The summed E-state index contributed by atoms with van der Waals surface area (Å²) in [5.74, 6) is -1.32. The van der Waals surface area contributed by atoms with Crippen LogP contribution >= 0.6 is 0 Å². The van der Waals surface area contributed by atoms with Crippen molar-refractivity contribution < 1.29 is 28.5 Å². The first-order valence-corrected chi connectivity index (χ1v) is 9.93. The molecule has 3 aromatic rings. The minimum Gasteiger partial charge on any atom is -0.497 e. The SMILES string of the molecule is COc1ccc(Oc2c(C=C3C(=O)OC(C)(C)OC3=O)c(C)nn2-c2ccccc2)cc1. The third-order valence-electron chi connectivity index (χ3n) is 4.74. The summed E-state index contributed by atoms with van der Waals surface area (Å²) >= 11 is 0. The van der Waals surface area contributed by atoms with E-state index < -0.39 is 17.7 Å². The highest BCUT2D eigenvalue weighted by Crippen LogP contribution is 2.34. The van der Waals surface area contributed by atoms with Gasteiger partial charge in [-0.2, -0.15) is 9.78 Å².